The van der Waals surface area contributed by atoms with Crippen molar-refractivity contribution in [1.29, 1.82) is 5.26 Å². The minimum Gasteiger partial charge on any atom is -0.496 e. The summed E-state index contributed by atoms with van der Waals surface area (Å²) in [6.07, 6.45) is -0.0410. The first-order valence-electron chi connectivity index (χ1n) is 6.25. The highest BCUT2D eigenvalue weighted by Crippen LogP contribution is 2.21. The van der Waals surface area contributed by atoms with E-state index in [2.05, 4.69) is 5.32 Å². The number of carbonyl (C=O) groups is 1. The van der Waals surface area contributed by atoms with Gasteiger partial charge in [0, 0.05) is 5.56 Å². The summed E-state index contributed by atoms with van der Waals surface area (Å²) < 4.78 is 18.3. The van der Waals surface area contributed by atoms with Gasteiger partial charge in [-0.1, -0.05) is 12.1 Å². The van der Waals surface area contributed by atoms with Crippen LogP contribution in [0, 0.1) is 17.1 Å². The summed E-state index contributed by atoms with van der Waals surface area (Å²) in [4.78, 5) is 12.0. The molecule has 0 saturated heterocycles. The second-order valence-electron chi connectivity index (χ2n) is 4.34. The second kappa shape index (κ2) is 6.53. The monoisotopic (exact) mass is 284 g/mol. The van der Waals surface area contributed by atoms with E-state index in [1.165, 1.54) is 25.3 Å². The van der Waals surface area contributed by atoms with Gasteiger partial charge in [-0.05, 0) is 30.3 Å². The Labute approximate surface area is 121 Å². The van der Waals surface area contributed by atoms with Crippen LogP contribution >= 0.6 is 0 Å². The number of halogens is 1. The lowest BCUT2D eigenvalue weighted by Crippen LogP contribution is -2.15. The smallest absolute Gasteiger partial charge is 0.228 e. The Balaban J connectivity index is 2.16. The third kappa shape index (κ3) is 3.57. The van der Waals surface area contributed by atoms with Crippen molar-refractivity contribution >= 4 is 11.6 Å². The number of carbonyl (C=O) groups excluding carboxylic acids is 1. The number of hydrogen-bond acceptors (Lipinski definition) is 3. The average Bonchev–Trinajstić information content (AvgIpc) is 2.48. The van der Waals surface area contributed by atoms with Crippen LogP contribution in [0.2, 0.25) is 0 Å². The minimum absolute atomic E-state index is 0.0410. The summed E-state index contributed by atoms with van der Waals surface area (Å²) in [5.74, 6) is -0.335. The number of nitrogens with zero attached hydrogens (tertiary/aromatic N) is 1. The van der Waals surface area contributed by atoms with E-state index in [-0.39, 0.29) is 12.3 Å². The summed E-state index contributed by atoms with van der Waals surface area (Å²) in [5.41, 5.74) is 1.25. The molecule has 0 atom stereocenters. The molecule has 21 heavy (non-hydrogen) atoms. The van der Waals surface area contributed by atoms with Crippen LogP contribution in [0.15, 0.2) is 42.5 Å². The molecular formula is C16H13FN2O2. The van der Waals surface area contributed by atoms with Gasteiger partial charge in [0.15, 0.2) is 0 Å². The molecule has 0 aromatic heterocycles. The molecule has 1 amide bonds. The predicted molar refractivity (Wildman–Crippen MR) is 76.4 cm³/mol. The quantitative estimate of drug-likeness (QED) is 0.939. The fraction of sp³-hybridized carbons (Fsp3) is 0.125. The van der Waals surface area contributed by atoms with Crippen LogP contribution in [0.3, 0.4) is 0 Å². The number of nitrogens with one attached hydrogen (secondary N) is 1. The zero-order valence-corrected chi connectivity index (χ0v) is 11.4. The highest BCUT2D eigenvalue weighted by atomic mass is 19.1. The summed E-state index contributed by atoms with van der Waals surface area (Å²) in [7, 11) is 1.46. The Morgan fingerprint density at radius 1 is 1.33 bits per heavy atom. The standard InChI is InChI=1S/C16H13FN2O2/c1-21-15-7-6-13(17)8-12(15)9-16(20)19-14-5-3-2-4-11(14)10-18/h2-8H,9H2,1H3,(H,19,20). The molecule has 0 fully saturated rings. The van der Waals surface area contributed by atoms with Crippen molar-refractivity contribution in [1.82, 2.24) is 0 Å². The number of amides is 1. The Morgan fingerprint density at radius 2 is 2.10 bits per heavy atom. The molecule has 106 valence electrons. The summed E-state index contributed by atoms with van der Waals surface area (Å²) in [6.45, 7) is 0. The van der Waals surface area contributed by atoms with Gasteiger partial charge in [-0.2, -0.15) is 5.26 Å². The molecule has 1 N–H and O–H groups in total. The van der Waals surface area contributed by atoms with E-state index in [9.17, 15) is 9.18 Å². The van der Waals surface area contributed by atoms with Gasteiger partial charge in [0.05, 0.1) is 24.8 Å². The van der Waals surface area contributed by atoms with E-state index in [4.69, 9.17) is 10.00 Å². The van der Waals surface area contributed by atoms with Crippen molar-refractivity contribution in [2.45, 2.75) is 6.42 Å². The topological polar surface area (TPSA) is 62.1 Å². The van der Waals surface area contributed by atoms with Crippen LogP contribution in [-0.2, 0) is 11.2 Å². The highest BCUT2D eigenvalue weighted by molar-refractivity contribution is 5.93. The van der Waals surface area contributed by atoms with Crippen molar-refractivity contribution in [2.75, 3.05) is 12.4 Å². The third-order valence-corrected chi connectivity index (χ3v) is 2.92. The van der Waals surface area contributed by atoms with Crippen LogP contribution in [0.25, 0.3) is 0 Å². The van der Waals surface area contributed by atoms with E-state index < -0.39 is 5.82 Å². The van der Waals surface area contributed by atoms with Gasteiger partial charge in [-0.3, -0.25) is 4.79 Å². The maximum absolute atomic E-state index is 13.2. The zero-order chi connectivity index (χ0) is 15.2. The van der Waals surface area contributed by atoms with E-state index >= 15 is 0 Å². The number of hydrogen-bond donors (Lipinski definition) is 1. The van der Waals surface area contributed by atoms with Crippen molar-refractivity contribution in [3.8, 4) is 11.8 Å². The molecule has 0 bridgehead atoms. The molecule has 4 nitrogen and oxygen atoms in total. The number of benzene rings is 2. The SMILES string of the molecule is COc1ccc(F)cc1CC(=O)Nc1ccccc1C#N. The molecule has 0 radical (unpaired) electrons. The first-order chi connectivity index (χ1) is 10.1. The number of nitriles is 1. The van der Waals surface area contributed by atoms with Gasteiger partial charge in [-0.25, -0.2) is 4.39 Å². The molecule has 2 aromatic rings. The second-order valence-corrected chi connectivity index (χ2v) is 4.34. The van der Waals surface area contributed by atoms with Gasteiger partial charge in [0.2, 0.25) is 5.91 Å². The number of anilines is 1. The molecule has 0 aliphatic rings. The summed E-state index contributed by atoms with van der Waals surface area (Å²) in [6, 6.07) is 12.7. The molecular weight excluding hydrogens is 271 g/mol. The van der Waals surface area contributed by atoms with Gasteiger partial charge in [-0.15, -0.1) is 0 Å². The molecule has 2 aromatic carbocycles. The number of para-hydroxylation sites is 1. The lowest BCUT2D eigenvalue weighted by atomic mass is 10.1. The van der Waals surface area contributed by atoms with E-state index in [1.54, 1.807) is 24.3 Å². The Bertz CT molecular complexity index is 708. The van der Waals surface area contributed by atoms with Gasteiger partial charge < -0.3 is 10.1 Å². The van der Waals surface area contributed by atoms with Crippen LogP contribution in [0.1, 0.15) is 11.1 Å². The van der Waals surface area contributed by atoms with Crippen molar-refractivity contribution in [3.63, 3.8) is 0 Å². The van der Waals surface area contributed by atoms with E-state index in [0.29, 0.717) is 22.6 Å². The van der Waals surface area contributed by atoms with Crippen molar-refractivity contribution in [2.24, 2.45) is 0 Å². The first-order valence-corrected chi connectivity index (χ1v) is 6.25. The fourth-order valence-corrected chi connectivity index (χ4v) is 1.94. The predicted octanol–water partition coefficient (Wildman–Crippen LogP) is 2.89. The van der Waals surface area contributed by atoms with Gasteiger partial charge in [0.1, 0.15) is 17.6 Å². The maximum Gasteiger partial charge on any atom is 0.228 e. The molecule has 0 aliphatic carbocycles. The van der Waals surface area contributed by atoms with Crippen LogP contribution < -0.4 is 10.1 Å². The van der Waals surface area contributed by atoms with Crippen LogP contribution in [0.5, 0.6) is 5.75 Å². The normalized spacial score (nSPS) is 9.76. The zero-order valence-electron chi connectivity index (χ0n) is 11.4. The molecule has 0 saturated carbocycles. The largest absolute Gasteiger partial charge is 0.496 e. The lowest BCUT2D eigenvalue weighted by molar-refractivity contribution is -0.115. The molecule has 0 unspecified atom stereocenters. The van der Waals surface area contributed by atoms with E-state index in [0.717, 1.165) is 0 Å². The average molecular weight is 284 g/mol. The van der Waals surface area contributed by atoms with E-state index in [1.807, 2.05) is 6.07 Å². The Kier molecular flexibility index (Phi) is 4.52. The Morgan fingerprint density at radius 3 is 2.81 bits per heavy atom. The molecule has 5 heteroatoms. The van der Waals surface area contributed by atoms with Crippen molar-refractivity contribution in [3.05, 3.63) is 59.4 Å². The first kappa shape index (κ1) is 14.5. The van der Waals surface area contributed by atoms with Gasteiger partial charge in [0.25, 0.3) is 0 Å². The summed E-state index contributed by atoms with van der Waals surface area (Å²) in [5, 5.41) is 11.6. The number of rotatable bonds is 4. The lowest BCUT2D eigenvalue weighted by Gasteiger charge is -2.10. The molecule has 0 heterocycles. The maximum atomic E-state index is 13.2. The van der Waals surface area contributed by atoms with Crippen LogP contribution in [-0.4, -0.2) is 13.0 Å². The minimum atomic E-state index is -0.434. The van der Waals surface area contributed by atoms with Gasteiger partial charge >= 0.3 is 0 Å². The summed E-state index contributed by atoms with van der Waals surface area (Å²) >= 11 is 0. The number of ether oxygens (including phenoxy) is 1. The molecule has 0 spiro atoms. The third-order valence-electron chi connectivity index (χ3n) is 2.92. The number of methoxy groups -OCH3 is 1. The van der Waals surface area contributed by atoms with Crippen LogP contribution in [0.4, 0.5) is 10.1 Å². The fourth-order valence-electron chi connectivity index (χ4n) is 1.94. The van der Waals surface area contributed by atoms with Crippen molar-refractivity contribution < 1.29 is 13.9 Å². The highest BCUT2D eigenvalue weighted by Gasteiger charge is 2.11. The Hall–Kier alpha value is -2.87. The molecule has 0 aliphatic heterocycles. The molecule has 2 rings (SSSR count).